The lowest BCUT2D eigenvalue weighted by Crippen LogP contribution is -2.22. The average molecular weight is 276 g/mol. The third-order valence-electron chi connectivity index (χ3n) is 3.23. The predicted octanol–water partition coefficient (Wildman–Crippen LogP) is 3.64. The van der Waals surface area contributed by atoms with Crippen LogP contribution in [0.5, 0.6) is 0 Å². The number of hydrogen-bond acceptors (Lipinski definition) is 2. The molecule has 1 aromatic carbocycles. The van der Waals surface area contributed by atoms with Gasteiger partial charge in [-0.2, -0.15) is 0 Å². The summed E-state index contributed by atoms with van der Waals surface area (Å²) in [5, 5.41) is 3.25. The van der Waals surface area contributed by atoms with Crippen LogP contribution in [-0.2, 0) is 6.42 Å². The molecule has 1 heterocycles. The van der Waals surface area contributed by atoms with Crippen molar-refractivity contribution in [3.8, 4) is 0 Å². The van der Waals surface area contributed by atoms with E-state index in [9.17, 15) is 8.78 Å². The fourth-order valence-corrected chi connectivity index (χ4v) is 2.26. The molecule has 0 fully saturated rings. The first-order valence-corrected chi connectivity index (χ1v) is 6.78. The van der Waals surface area contributed by atoms with Crippen LogP contribution in [0.15, 0.2) is 42.7 Å². The lowest BCUT2D eigenvalue weighted by molar-refractivity contribution is 0.480. The van der Waals surface area contributed by atoms with Crippen molar-refractivity contribution < 1.29 is 8.78 Å². The first-order chi connectivity index (χ1) is 9.70. The zero-order valence-electron chi connectivity index (χ0n) is 11.4. The zero-order chi connectivity index (χ0) is 14.4. The second kappa shape index (κ2) is 7.10. The monoisotopic (exact) mass is 276 g/mol. The largest absolute Gasteiger partial charge is 0.310 e. The third-order valence-corrected chi connectivity index (χ3v) is 3.23. The van der Waals surface area contributed by atoms with Crippen LogP contribution in [0.3, 0.4) is 0 Å². The number of halogens is 2. The second-order valence-electron chi connectivity index (χ2n) is 4.68. The van der Waals surface area contributed by atoms with Crippen LogP contribution in [-0.4, -0.2) is 11.5 Å². The molecule has 0 aliphatic rings. The van der Waals surface area contributed by atoms with Crippen molar-refractivity contribution in [2.24, 2.45) is 0 Å². The van der Waals surface area contributed by atoms with Crippen molar-refractivity contribution in [3.63, 3.8) is 0 Å². The van der Waals surface area contributed by atoms with E-state index in [1.165, 1.54) is 12.1 Å². The molecule has 0 aliphatic heterocycles. The summed E-state index contributed by atoms with van der Waals surface area (Å²) in [5.41, 5.74) is 1.62. The van der Waals surface area contributed by atoms with E-state index in [1.54, 1.807) is 6.20 Å². The maximum Gasteiger partial charge on any atom is 0.130 e. The molecule has 0 spiro atoms. The maximum atomic E-state index is 13.9. The third kappa shape index (κ3) is 3.84. The van der Waals surface area contributed by atoms with Crippen molar-refractivity contribution in [1.29, 1.82) is 0 Å². The topological polar surface area (TPSA) is 24.9 Å². The first kappa shape index (κ1) is 14.6. The Bertz CT molecular complexity index is 543. The van der Waals surface area contributed by atoms with Gasteiger partial charge in [-0.3, -0.25) is 4.98 Å². The van der Waals surface area contributed by atoms with Gasteiger partial charge in [0.1, 0.15) is 11.6 Å². The van der Waals surface area contributed by atoms with Gasteiger partial charge >= 0.3 is 0 Å². The summed E-state index contributed by atoms with van der Waals surface area (Å²) in [6, 6.07) is 7.51. The maximum absolute atomic E-state index is 13.9. The van der Waals surface area contributed by atoms with Crippen LogP contribution in [0.4, 0.5) is 8.78 Å². The van der Waals surface area contributed by atoms with Crippen molar-refractivity contribution in [2.45, 2.75) is 25.8 Å². The van der Waals surface area contributed by atoms with Gasteiger partial charge in [0.05, 0.1) is 0 Å². The molecule has 106 valence electrons. The van der Waals surface area contributed by atoms with Crippen LogP contribution in [0.25, 0.3) is 0 Å². The Kier molecular flexibility index (Phi) is 5.18. The van der Waals surface area contributed by atoms with Gasteiger partial charge in [0, 0.05) is 30.1 Å². The Hall–Kier alpha value is -1.81. The Morgan fingerprint density at radius 3 is 2.75 bits per heavy atom. The zero-order valence-corrected chi connectivity index (χ0v) is 11.4. The van der Waals surface area contributed by atoms with Crippen molar-refractivity contribution in [2.75, 3.05) is 6.54 Å². The van der Waals surface area contributed by atoms with E-state index >= 15 is 0 Å². The highest BCUT2D eigenvalue weighted by molar-refractivity contribution is 5.22. The number of hydrogen-bond donors (Lipinski definition) is 1. The minimum atomic E-state index is -0.547. The smallest absolute Gasteiger partial charge is 0.130 e. The fraction of sp³-hybridized carbons (Fsp3) is 0.312. The average Bonchev–Trinajstić information content (AvgIpc) is 2.45. The molecule has 0 bridgehead atoms. The van der Waals surface area contributed by atoms with Gasteiger partial charge in [-0.25, -0.2) is 8.78 Å². The molecule has 1 atom stereocenters. The van der Waals surface area contributed by atoms with E-state index in [-0.39, 0.29) is 6.04 Å². The fourth-order valence-electron chi connectivity index (χ4n) is 2.26. The van der Waals surface area contributed by atoms with Crippen LogP contribution in [0.1, 0.15) is 30.5 Å². The number of aryl methyl sites for hydroxylation is 1. The summed E-state index contributed by atoms with van der Waals surface area (Å²) in [6.07, 6.45) is 5.07. The van der Waals surface area contributed by atoms with Crippen LogP contribution < -0.4 is 5.32 Å². The summed E-state index contributed by atoms with van der Waals surface area (Å²) < 4.78 is 26.8. The van der Waals surface area contributed by atoms with Gasteiger partial charge in [0.15, 0.2) is 0 Å². The minimum Gasteiger partial charge on any atom is -0.310 e. The van der Waals surface area contributed by atoms with E-state index in [0.717, 1.165) is 31.0 Å². The van der Waals surface area contributed by atoms with Crippen LogP contribution in [0, 0.1) is 11.6 Å². The summed E-state index contributed by atoms with van der Waals surface area (Å²) >= 11 is 0. The number of rotatable bonds is 6. The number of benzene rings is 1. The van der Waals surface area contributed by atoms with E-state index in [4.69, 9.17) is 0 Å². The number of pyridine rings is 1. The standard InChI is InChI=1S/C16H18F2N2/c1-2-20-16(8-5-12-4-3-9-19-11-12)14-7-6-13(17)10-15(14)18/h3-4,6-7,9-11,16,20H,2,5,8H2,1H3. The quantitative estimate of drug-likeness (QED) is 0.871. The second-order valence-corrected chi connectivity index (χ2v) is 4.68. The number of aromatic nitrogens is 1. The Morgan fingerprint density at radius 1 is 1.25 bits per heavy atom. The highest BCUT2D eigenvalue weighted by Gasteiger charge is 2.15. The van der Waals surface area contributed by atoms with Crippen LogP contribution in [0.2, 0.25) is 0 Å². The lowest BCUT2D eigenvalue weighted by Gasteiger charge is -2.19. The predicted molar refractivity (Wildman–Crippen MR) is 75.3 cm³/mol. The van der Waals surface area contributed by atoms with Gasteiger partial charge in [0.25, 0.3) is 0 Å². The Balaban J connectivity index is 2.10. The minimum absolute atomic E-state index is 0.124. The van der Waals surface area contributed by atoms with E-state index in [2.05, 4.69) is 10.3 Å². The Morgan fingerprint density at radius 2 is 2.10 bits per heavy atom. The van der Waals surface area contributed by atoms with Gasteiger partial charge in [-0.15, -0.1) is 0 Å². The van der Waals surface area contributed by atoms with Crippen molar-refractivity contribution in [3.05, 3.63) is 65.5 Å². The summed E-state index contributed by atoms with van der Waals surface area (Å²) in [4.78, 5) is 4.07. The van der Waals surface area contributed by atoms with Gasteiger partial charge in [0.2, 0.25) is 0 Å². The normalized spacial score (nSPS) is 12.3. The molecule has 2 aromatic rings. The molecule has 1 unspecified atom stereocenters. The number of nitrogens with one attached hydrogen (secondary N) is 1. The summed E-state index contributed by atoms with van der Waals surface area (Å²) in [7, 11) is 0. The summed E-state index contributed by atoms with van der Waals surface area (Å²) in [5.74, 6) is -1.05. The molecule has 1 aromatic heterocycles. The number of nitrogens with zero attached hydrogens (tertiary/aromatic N) is 1. The molecule has 1 N–H and O–H groups in total. The molecule has 20 heavy (non-hydrogen) atoms. The highest BCUT2D eigenvalue weighted by Crippen LogP contribution is 2.22. The molecule has 4 heteroatoms. The van der Waals surface area contributed by atoms with Crippen LogP contribution >= 0.6 is 0 Å². The van der Waals surface area contributed by atoms with Crippen molar-refractivity contribution in [1.82, 2.24) is 10.3 Å². The SMILES string of the molecule is CCNC(CCc1cccnc1)c1ccc(F)cc1F. The molecule has 0 radical (unpaired) electrons. The van der Waals surface area contributed by atoms with E-state index in [0.29, 0.717) is 5.56 Å². The van der Waals surface area contributed by atoms with E-state index < -0.39 is 11.6 Å². The molecule has 0 amide bonds. The summed E-state index contributed by atoms with van der Waals surface area (Å²) in [6.45, 7) is 2.70. The van der Waals surface area contributed by atoms with Gasteiger partial charge < -0.3 is 5.32 Å². The molecule has 2 rings (SSSR count). The molecular weight excluding hydrogens is 258 g/mol. The van der Waals surface area contributed by atoms with E-state index in [1.807, 2.05) is 25.3 Å². The molecular formula is C16H18F2N2. The van der Waals surface area contributed by atoms with Gasteiger partial charge in [-0.05, 0) is 37.1 Å². The molecule has 0 saturated heterocycles. The van der Waals surface area contributed by atoms with Gasteiger partial charge in [-0.1, -0.05) is 19.1 Å². The molecule has 0 aliphatic carbocycles. The van der Waals surface area contributed by atoms with Crippen molar-refractivity contribution >= 4 is 0 Å². The highest BCUT2D eigenvalue weighted by atomic mass is 19.1. The first-order valence-electron chi connectivity index (χ1n) is 6.78. The Labute approximate surface area is 117 Å². The lowest BCUT2D eigenvalue weighted by atomic mass is 9.99. The molecule has 2 nitrogen and oxygen atoms in total. The molecule has 0 saturated carbocycles.